The number of unbranched alkanes of at least 4 members (excludes halogenated alkanes) is 3. The van der Waals surface area contributed by atoms with Crippen molar-refractivity contribution in [2.75, 3.05) is 26.2 Å². The van der Waals surface area contributed by atoms with Crippen LogP contribution in [0.4, 0.5) is 4.79 Å². The minimum Gasteiger partial charge on any atom is -0.337 e. The van der Waals surface area contributed by atoms with Gasteiger partial charge >= 0.3 is 6.03 Å². The molecule has 0 unspecified atom stereocenters. The lowest BCUT2D eigenvalue weighted by Gasteiger charge is -2.55. The summed E-state index contributed by atoms with van der Waals surface area (Å²) in [6.07, 6.45) is 9.76. The Morgan fingerprint density at radius 1 is 1.17 bits per heavy atom. The maximum atomic E-state index is 13.5. The van der Waals surface area contributed by atoms with Gasteiger partial charge in [0.15, 0.2) is 0 Å². The monoisotopic (exact) mass is 481 g/mol. The lowest BCUT2D eigenvalue weighted by molar-refractivity contribution is -0.189. The van der Waals surface area contributed by atoms with Crippen LogP contribution >= 0.6 is 0 Å². The van der Waals surface area contributed by atoms with Crippen molar-refractivity contribution >= 4 is 17.8 Å². The van der Waals surface area contributed by atoms with E-state index in [9.17, 15) is 14.4 Å². The molecular formula is C27H39N5O3. The van der Waals surface area contributed by atoms with Crippen LogP contribution in [0.15, 0.2) is 30.3 Å². The second-order valence-electron chi connectivity index (χ2n) is 9.79. The topological polar surface area (TPSA) is 76.2 Å². The average molecular weight is 482 g/mol. The van der Waals surface area contributed by atoms with Crippen molar-refractivity contribution in [1.29, 1.82) is 0 Å². The molecule has 1 aromatic carbocycles. The van der Waals surface area contributed by atoms with Crippen molar-refractivity contribution in [1.82, 2.24) is 25.1 Å². The highest BCUT2D eigenvalue weighted by Crippen LogP contribution is 2.29. The van der Waals surface area contributed by atoms with Crippen LogP contribution in [0.5, 0.6) is 0 Å². The summed E-state index contributed by atoms with van der Waals surface area (Å²) in [6, 6.07) is 8.76. The molecule has 2 aliphatic heterocycles. The zero-order valence-electron chi connectivity index (χ0n) is 21.3. The van der Waals surface area contributed by atoms with E-state index in [4.69, 9.17) is 6.42 Å². The van der Waals surface area contributed by atoms with E-state index in [0.29, 0.717) is 19.5 Å². The molecule has 0 aromatic heterocycles. The van der Waals surface area contributed by atoms with Crippen LogP contribution in [-0.2, 0) is 16.1 Å². The maximum Gasteiger partial charge on any atom is 0.334 e. The summed E-state index contributed by atoms with van der Waals surface area (Å²) >= 11 is 0. The molecule has 0 spiro atoms. The third-order valence-corrected chi connectivity index (χ3v) is 6.57. The van der Waals surface area contributed by atoms with E-state index in [-0.39, 0.29) is 43.4 Å². The molecule has 1 aromatic rings. The molecule has 8 heteroatoms. The molecule has 0 saturated carbocycles. The van der Waals surface area contributed by atoms with Gasteiger partial charge in [-0.15, -0.1) is 6.42 Å². The molecule has 0 aliphatic carbocycles. The van der Waals surface area contributed by atoms with Crippen LogP contribution in [0, 0.1) is 18.3 Å². The molecule has 3 rings (SSSR count). The summed E-state index contributed by atoms with van der Waals surface area (Å²) < 4.78 is 0. The maximum absolute atomic E-state index is 13.5. The second-order valence-corrected chi connectivity index (χ2v) is 9.79. The van der Waals surface area contributed by atoms with Crippen molar-refractivity contribution < 1.29 is 14.4 Å². The standard InChI is InChI=1S/C27H39N5O3/c1-5-7-8-12-16-29-19-24-31(23(26(29)34)17-21(3)4)25(33)20-30(15-6-2)32(24)27(35)28-18-22-13-10-9-11-14-22/h2,9-11,13-14,21,23-24H,5,7-8,12,15-20H2,1,3-4H3,(H,28,35)/t23-,24-/m0/s1. The van der Waals surface area contributed by atoms with Crippen LogP contribution in [0.25, 0.3) is 0 Å². The lowest BCUT2D eigenvalue weighted by Crippen LogP contribution is -2.76. The van der Waals surface area contributed by atoms with Gasteiger partial charge in [0.25, 0.3) is 0 Å². The van der Waals surface area contributed by atoms with Crippen molar-refractivity contribution in [3.05, 3.63) is 35.9 Å². The summed E-state index contributed by atoms with van der Waals surface area (Å²) in [4.78, 5) is 43.8. The predicted molar refractivity (Wildman–Crippen MR) is 136 cm³/mol. The summed E-state index contributed by atoms with van der Waals surface area (Å²) in [7, 11) is 0. The second kappa shape index (κ2) is 12.6. The van der Waals surface area contributed by atoms with Crippen LogP contribution in [0.1, 0.15) is 58.4 Å². The number of carbonyl (C=O) groups excluding carboxylic acids is 3. The van der Waals surface area contributed by atoms with E-state index >= 15 is 0 Å². The Labute approximate surface area is 209 Å². The molecular weight excluding hydrogens is 442 g/mol. The van der Waals surface area contributed by atoms with Gasteiger partial charge in [0, 0.05) is 13.1 Å². The number of urea groups is 1. The Hall–Kier alpha value is -3.05. The van der Waals surface area contributed by atoms with E-state index < -0.39 is 12.2 Å². The molecule has 2 saturated heterocycles. The summed E-state index contributed by atoms with van der Waals surface area (Å²) in [5.74, 6) is 2.62. The molecule has 0 radical (unpaired) electrons. The third kappa shape index (κ3) is 6.55. The van der Waals surface area contributed by atoms with Gasteiger partial charge < -0.3 is 15.1 Å². The number of rotatable bonds is 10. The minimum absolute atomic E-state index is 0.0187. The molecule has 2 heterocycles. The first-order valence-corrected chi connectivity index (χ1v) is 12.8. The number of fused-ring (bicyclic) bond motifs is 1. The van der Waals surface area contributed by atoms with Gasteiger partial charge in [0.05, 0.1) is 19.6 Å². The van der Waals surface area contributed by atoms with Gasteiger partial charge in [0.2, 0.25) is 11.8 Å². The molecule has 2 fully saturated rings. The third-order valence-electron chi connectivity index (χ3n) is 6.57. The SMILES string of the molecule is C#CCN1CC(=O)N2[C@@H](CC(C)C)C(=O)N(CCCCCC)C[C@@H]2N1C(=O)NCc1ccccc1. The Morgan fingerprint density at radius 3 is 2.57 bits per heavy atom. The number of carbonyl (C=O) groups is 3. The van der Waals surface area contributed by atoms with E-state index in [1.807, 2.05) is 49.1 Å². The summed E-state index contributed by atoms with van der Waals surface area (Å²) in [5.41, 5.74) is 0.975. The minimum atomic E-state index is -0.590. The van der Waals surface area contributed by atoms with Gasteiger partial charge in [-0.2, -0.15) is 5.01 Å². The quantitative estimate of drug-likeness (QED) is 0.412. The van der Waals surface area contributed by atoms with E-state index in [2.05, 4.69) is 18.2 Å². The number of benzene rings is 1. The first-order valence-electron chi connectivity index (χ1n) is 12.8. The van der Waals surface area contributed by atoms with Crippen molar-refractivity contribution in [2.24, 2.45) is 5.92 Å². The Bertz CT molecular complexity index is 913. The number of terminal acetylenes is 1. The van der Waals surface area contributed by atoms with Crippen LogP contribution in [0.3, 0.4) is 0 Å². The van der Waals surface area contributed by atoms with Gasteiger partial charge in [-0.05, 0) is 24.3 Å². The highest BCUT2D eigenvalue weighted by atomic mass is 16.2. The highest BCUT2D eigenvalue weighted by Gasteiger charge is 2.51. The average Bonchev–Trinajstić information content (AvgIpc) is 2.83. The van der Waals surface area contributed by atoms with E-state index in [1.54, 1.807) is 14.9 Å². The lowest BCUT2D eigenvalue weighted by atomic mass is 9.97. The Balaban J connectivity index is 1.87. The molecule has 8 nitrogen and oxygen atoms in total. The molecule has 0 bridgehead atoms. The smallest absolute Gasteiger partial charge is 0.334 e. The molecule has 4 amide bonds. The van der Waals surface area contributed by atoms with Crippen molar-refractivity contribution in [3.63, 3.8) is 0 Å². The number of hydrogen-bond acceptors (Lipinski definition) is 4. The Kier molecular flexibility index (Phi) is 9.55. The van der Waals surface area contributed by atoms with E-state index in [1.165, 1.54) is 0 Å². The largest absolute Gasteiger partial charge is 0.337 e. The first kappa shape index (κ1) is 26.6. The number of piperazine rings is 1. The predicted octanol–water partition coefficient (Wildman–Crippen LogP) is 3.05. The highest BCUT2D eigenvalue weighted by molar-refractivity contribution is 5.91. The van der Waals surface area contributed by atoms with Crippen molar-refractivity contribution in [2.45, 2.75) is 71.6 Å². The van der Waals surface area contributed by atoms with Crippen LogP contribution in [-0.4, -0.2) is 76.0 Å². The molecule has 190 valence electrons. The molecule has 2 aliphatic rings. The zero-order chi connectivity index (χ0) is 25.4. The van der Waals surface area contributed by atoms with Crippen LogP contribution < -0.4 is 5.32 Å². The first-order chi connectivity index (χ1) is 16.9. The van der Waals surface area contributed by atoms with Crippen molar-refractivity contribution in [3.8, 4) is 12.3 Å². The summed E-state index contributed by atoms with van der Waals surface area (Å²) in [6.45, 7) is 7.62. The number of hydrazine groups is 1. The number of hydrogen-bond donors (Lipinski definition) is 1. The fourth-order valence-electron chi connectivity index (χ4n) is 4.90. The number of nitrogens with zero attached hydrogens (tertiary/aromatic N) is 4. The Morgan fingerprint density at radius 2 is 1.91 bits per heavy atom. The fourth-order valence-corrected chi connectivity index (χ4v) is 4.90. The number of amides is 4. The van der Waals surface area contributed by atoms with Gasteiger partial charge in [0.1, 0.15) is 12.2 Å². The molecule has 35 heavy (non-hydrogen) atoms. The van der Waals surface area contributed by atoms with Crippen LogP contribution in [0.2, 0.25) is 0 Å². The number of nitrogens with one attached hydrogen (secondary N) is 1. The van der Waals surface area contributed by atoms with Gasteiger partial charge in [-0.25, -0.2) is 9.80 Å². The normalized spacial score (nSPS) is 20.7. The van der Waals surface area contributed by atoms with Gasteiger partial charge in [-0.1, -0.05) is 76.3 Å². The molecule has 2 atom stereocenters. The van der Waals surface area contributed by atoms with E-state index in [0.717, 1.165) is 31.2 Å². The zero-order valence-corrected chi connectivity index (χ0v) is 21.3. The molecule has 1 N–H and O–H groups in total. The summed E-state index contributed by atoms with van der Waals surface area (Å²) in [5, 5.41) is 6.18. The van der Waals surface area contributed by atoms with Gasteiger partial charge in [-0.3, -0.25) is 9.59 Å². The fraction of sp³-hybridized carbons (Fsp3) is 0.593.